The molecule has 1 saturated carbocycles. The van der Waals surface area contributed by atoms with Gasteiger partial charge in [0, 0.05) is 18.3 Å². The zero-order valence-electron chi connectivity index (χ0n) is 13.4. The van der Waals surface area contributed by atoms with Gasteiger partial charge in [0.2, 0.25) is 0 Å². The number of benzene rings is 1. The van der Waals surface area contributed by atoms with Crippen molar-refractivity contribution in [1.29, 1.82) is 5.26 Å². The Morgan fingerprint density at radius 2 is 1.86 bits per heavy atom. The van der Waals surface area contributed by atoms with E-state index in [-0.39, 0.29) is 18.3 Å². The predicted molar refractivity (Wildman–Crippen MR) is 86.3 cm³/mol. The Bertz CT molecular complexity index is 660. The summed E-state index contributed by atoms with van der Waals surface area (Å²) in [7, 11) is -3.29. The van der Waals surface area contributed by atoms with Gasteiger partial charge in [-0.3, -0.25) is 0 Å². The second-order valence-corrected chi connectivity index (χ2v) is 8.15. The zero-order chi connectivity index (χ0) is 16.4. The van der Waals surface area contributed by atoms with Gasteiger partial charge in [0.15, 0.2) is 9.84 Å². The van der Waals surface area contributed by atoms with Crippen LogP contribution in [-0.4, -0.2) is 32.6 Å². The van der Waals surface area contributed by atoms with E-state index in [2.05, 4.69) is 13.0 Å². The van der Waals surface area contributed by atoms with Crippen LogP contribution in [0.1, 0.15) is 37.8 Å². The SMILES string of the molecule is CCOC[C@@]1(C#N)[C@@H](c2ccc(CC)cc2)[C@@H]1S(=O)(=O)CC. The van der Waals surface area contributed by atoms with Crippen molar-refractivity contribution >= 4 is 9.84 Å². The van der Waals surface area contributed by atoms with Crippen LogP contribution in [-0.2, 0) is 21.0 Å². The molecule has 0 bridgehead atoms. The highest BCUT2D eigenvalue weighted by Crippen LogP contribution is 2.62. The zero-order valence-corrected chi connectivity index (χ0v) is 14.2. The number of nitriles is 1. The Balaban J connectivity index is 2.40. The van der Waals surface area contributed by atoms with E-state index in [0.717, 1.165) is 12.0 Å². The summed E-state index contributed by atoms with van der Waals surface area (Å²) in [5, 5.41) is 8.99. The van der Waals surface area contributed by atoms with Gasteiger partial charge in [0.05, 0.1) is 17.9 Å². The van der Waals surface area contributed by atoms with E-state index in [1.807, 2.05) is 31.2 Å². The maximum absolute atomic E-state index is 12.4. The largest absolute Gasteiger partial charge is 0.380 e. The smallest absolute Gasteiger partial charge is 0.155 e. The van der Waals surface area contributed by atoms with Crippen LogP contribution in [0.3, 0.4) is 0 Å². The molecule has 1 aliphatic rings. The highest BCUT2D eigenvalue weighted by molar-refractivity contribution is 7.92. The van der Waals surface area contributed by atoms with Crippen molar-refractivity contribution in [3.8, 4) is 6.07 Å². The van der Waals surface area contributed by atoms with Gasteiger partial charge in [-0.25, -0.2) is 8.42 Å². The Morgan fingerprint density at radius 3 is 2.32 bits per heavy atom. The van der Waals surface area contributed by atoms with Gasteiger partial charge in [0.25, 0.3) is 0 Å². The van der Waals surface area contributed by atoms with Gasteiger partial charge in [-0.05, 0) is 24.5 Å². The summed E-state index contributed by atoms with van der Waals surface area (Å²) in [6, 6.07) is 10.2. The van der Waals surface area contributed by atoms with Crippen molar-refractivity contribution < 1.29 is 13.2 Å². The van der Waals surface area contributed by atoms with E-state index in [4.69, 9.17) is 4.74 Å². The number of hydrogen-bond acceptors (Lipinski definition) is 4. The van der Waals surface area contributed by atoms with Crippen molar-refractivity contribution in [2.45, 2.75) is 38.4 Å². The van der Waals surface area contributed by atoms with Crippen LogP contribution in [0.25, 0.3) is 0 Å². The van der Waals surface area contributed by atoms with Gasteiger partial charge in [-0.2, -0.15) is 5.26 Å². The molecule has 120 valence electrons. The van der Waals surface area contributed by atoms with Crippen molar-refractivity contribution in [2.75, 3.05) is 19.0 Å². The fraction of sp³-hybridized carbons (Fsp3) is 0.588. The first kappa shape index (κ1) is 17.0. The minimum Gasteiger partial charge on any atom is -0.380 e. The highest BCUT2D eigenvalue weighted by atomic mass is 32.2. The summed E-state index contributed by atoms with van der Waals surface area (Å²) >= 11 is 0. The van der Waals surface area contributed by atoms with Crippen molar-refractivity contribution in [1.82, 2.24) is 0 Å². The fourth-order valence-electron chi connectivity index (χ4n) is 3.15. The molecule has 0 saturated heterocycles. The minimum absolute atomic E-state index is 0.0523. The van der Waals surface area contributed by atoms with E-state index in [0.29, 0.717) is 6.61 Å². The van der Waals surface area contributed by atoms with Crippen molar-refractivity contribution in [2.24, 2.45) is 5.41 Å². The molecule has 0 radical (unpaired) electrons. The van der Waals surface area contributed by atoms with Gasteiger partial charge in [-0.15, -0.1) is 0 Å². The monoisotopic (exact) mass is 321 g/mol. The van der Waals surface area contributed by atoms with Crippen molar-refractivity contribution in [3.63, 3.8) is 0 Å². The summed E-state index contributed by atoms with van der Waals surface area (Å²) < 4.78 is 30.2. The molecule has 1 fully saturated rings. The second-order valence-electron chi connectivity index (χ2n) is 5.73. The molecular weight excluding hydrogens is 298 g/mol. The minimum atomic E-state index is -3.29. The van der Waals surface area contributed by atoms with E-state index >= 15 is 0 Å². The number of nitrogens with zero attached hydrogens (tertiary/aromatic N) is 1. The molecule has 0 aromatic heterocycles. The normalized spacial score (nSPS) is 27.4. The first-order chi connectivity index (χ1) is 10.5. The quantitative estimate of drug-likeness (QED) is 0.774. The molecule has 0 aliphatic heterocycles. The molecular formula is C17H23NO3S. The van der Waals surface area contributed by atoms with Crippen LogP contribution in [0.4, 0.5) is 0 Å². The van der Waals surface area contributed by atoms with Gasteiger partial charge in [-0.1, -0.05) is 38.1 Å². The molecule has 3 atom stereocenters. The number of sulfone groups is 1. The average molecular weight is 321 g/mol. The predicted octanol–water partition coefficient (Wildman–Crippen LogP) is 2.70. The third-order valence-corrected chi connectivity index (χ3v) is 6.82. The maximum Gasteiger partial charge on any atom is 0.155 e. The Labute approximate surface area is 133 Å². The number of ether oxygens (including phenoxy) is 1. The molecule has 2 rings (SSSR count). The van der Waals surface area contributed by atoms with Crippen LogP contribution in [0.5, 0.6) is 0 Å². The summed E-state index contributed by atoms with van der Waals surface area (Å²) in [6.45, 7) is 6.20. The molecule has 1 aromatic rings. The lowest BCUT2D eigenvalue weighted by molar-refractivity contribution is 0.117. The topological polar surface area (TPSA) is 67.2 Å². The van der Waals surface area contributed by atoms with Crippen LogP contribution in [0.15, 0.2) is 24.3 Å². The molecule has 0 spiro atoms. The van der Waals surface area contributed by atoms with Crippen LogP contribution >= 0.6 is 0 Å². The molecule has 5 heteroatoms. The lowest BCUT2D eigenvalue weighted by atomic mass is 10.00. The molecule has 22 heavy (non-hydrogen) atoms. The molecule has 4 nitrogen and oxygen atoms in total. The van der Waals surface area contributed by atoms with Crippen LogP contribution in [0, 0.1) is 16.7 Å². The maximum atomic E-state index is 12.4. The number of aryl methyl sites for hydroxylation is 1. The number of rotatable bonds is 7. The first-order valence-corrected chi connectivity index (χ1v) is 9.47. The Kier molecular flexibility index (Phi) is 4.93. The Morgan fingerprint density at radius 1 is 1.23 bits per heavy atom. The molecule has 0 heterocycles. The molecule has 0 amide bonds. The third-order valence-electron chi connectivity index (χ3n) is 4.55. The van der Waals surface area contributed by atoms with Crippen LogP contribution in [0.2, 0.25) is 0 Å². The van der Waals surface area contributed by atoms with Gasteiger partial charge < -0.3 is 4.74 Å². The average Bonchev–Trinajstić information content (AvgIpc) is 3.23. The third kappa shape index (κ3) is 2.78. The van der Waals surface area contributed by atoms with Crippen molar-refractivity contribution in [3.05, 3.63) is 35.4 Å². The number of hydrogen-bond donors (Lipinski definition) is 0. The summed E-state index contributed by atoms with van der Waals surface area (Å²) in [6.07, 6.45) is 0.934. The van der Waals surface area contributed by atoms with Gasteiger partial charge in [0.1, 0.15) is 5.41 Å². The van der Waals surface area contributed by atoms with E-state index in [9.17, 15) is 13.7 Å². The molecule has 0 unspecified atom stereocenters. The van der Waals surface area contributed by atoms with E-state index < -0.39 is 20.5 Å². The molecule has 1 aromatic carbocycles. The molecule has 0 N–H and O–H groups in total. The Hall–Kier alpha value is -1.38. The lowest BCUT2D eigenvalue weighted by Gasteiger charge is -2.09. The second kappa shape index (κ2) is 6.39. The summed E-state index contributed by atoms with van der Waals surface area (Å²) in [4.78, 5) is 0. The van der Waals surface area contributed by atoms with Crippen LogP contribution < -0.4 is 0 Å². The van der Waals surface area contributed by atoms with Gasteiger partial charge >= 0.3 is 0 Å². The summed E-state index contributed by atoms with van der Waals surface area (Å²) in [5.74, 6) is -0.239. The lowest BCUT2D eigenvalue weighted by Crippen LogP contribution is -2.20. The van der Waals surface area contributed by atoms with E-state index in [1.54, 1.807) is 6.92 Å². The summed E-state index contributed by atoms with van der Waals surface area (Å²) in [5.41, 5.74) is 1.17. The fourth-order valence-corrected chi connectivity index (χ4v) is 5.16. The first-order valence-electron chi connectivity index (χ1n) is 7.76. The molecule has 1 aliphatic carbocycles. The standard InChI is InChI=1S/C17H23NO3S/c1-4-13-7-9-14(10-8-13)15-16(22(19,20)6-3)17(15,11-18)12-21-5-2/h7-10,15-16H,4-6,12H2,1-3H3/t15-,16-,17-/m0/s1. The highest BCUT2D eigenvalue weighted by Gasteiger charge is 2.71. The van der Waals surface area contributed by atoms with E-state index in [1.165, 1.54) is 5.56 Å².